The number of H-pyrrole nitrogens is 1. The van der Waals surface area contributed by atoms with Gasteiger partial charge in [0.25, 0.3) is 0 Å². The van der Waals surface area contributed by atoms with Gasteiger partial charge < -0.3 is 10.3 Å². The molecule has 2 aromatic rings. The number of benzene rings is 1. The van der Waals surface area contributed by atoms with Gasteiger partial charge in [0.2, 0.25) is 0 Å². The quantitative estimate of drug-likeness (QED) is 0.906. The molecule has 21 heavy (non-hydrogen) atoms. The van der Waals surface area contributed by atoms with Gasteiger partial charge in [-0.2, -0.15) is 0 Å². The summed E-state index contributed by atoms with van der Waals surface area (Å²) >= 11 is 0. The Morgan fingerprint density at radius 3 is 2.62 bits per heavy atom. The molecule has 2 aliphatic rings. The Morgan fingerprint density at radius 1 is 1.14 bits per heavy atom. The first kappa shape index (κ1) is 13.4. The fraction of sp³-hybridized carbons (Fsp3) is 0.556. The lowest BCUT2D eigenvalue weighted by Crippen LogP contribution is -2.46. The molecule has 2 aliphatic heterocycles. The number of nitrogens with one attached hydrogen (secondary N) is 2. The van der Waals surface area contributed by atoms with Gasteiger partial charge in [-0.3, -0.25) is 4.90 Å². The minimum absolute atomic E-state index is 0.733. The normalized spacial score (nSPS) is 28.6. The van der Waals surface area contributed by atoms with Gasteiger partial charge >= 0.3 is 0 Å². The van der Waals surface area contributed by atoms with Gasteiger partial charge in [-0.15, -0.1) is 0 Å². The van der Waals surface area contributed by atoms with Crippen molar-refractivity contribution in [2.45, 2.75) is 57.3 Å². The summed E-state index contributed by atoms with van der Waals surface area (Å²) in [5.41, 5.74) is 4.06. The highest BCUT2D eigenvalue weighted by atomic mass is 15.2. The minimum atomic E-state index is 0.733. The van der Waals surface area contributed by atoms with Crippen molar-refractivity contribution in [1.82, 2.24) is 15.2 Å². The van der Waals surface area contributed by atoms with Crippen LogP contribution in [-0.2, 0) is 6.54 Å². The van der Waals surface area contributed by atoms with E-state index in [1.165, 1.54) is 47.8 Å². The van der Waals surface area contributed by atoms with Crippen LogP contribution in [0.3, 0.4) is 0 Å². The lowest BCUT2D eigenvalue weighted by Gasteiger charge is -2.35. The first-order valence-electron chi connectivity index (χ1n) is 8.23. The number of fused-ring (bicyclic) bond motifs is 3. The third kappa shape index (κ3) is 2.39. The molecule has 2 fully saturated rings. The van der Waals surface area contributed by atoms with Gasteiger partial charge in [-0.25, -0.2) is 0 Å². The SMILES string of the molecule is Cc1[nH]c2ccccc2c1CN(C)C1CC2CCC(C1)N2. The monoisotopic (exact) mass is 283 g/mol. The van der Waals surface area contributed by atoms with E-state index in [2.05, 4.69) is 53.4 Å². The van der Waals surface area contributed by atoms with Crippen molar-refractivity contribution in [2.24, 2.45) is 0 Å². The van der Waals surface area contributed by atoms with E-state index in [0.29, 0.717) is 0 Å². The highest BCUT2D eigenvalue weighted by Gasteiger charge is 2.35. The zero-order valence-corrected chi connectivity index (χ0v) is 13.0. The summed E-state index contributed by atoms with van der Waals surface area (Å²) in [5, 5.41) is 5.13. The van der Waals surface area contributed by atoms with E-state index >= 15 is 0 Å². The van der Waals surface area contributed by atoms with Crippen LogP contribution in [0.15, 0.2) is 24.3 Å². The molecule has 4 rings (SSSR count). The zero-order chi connectivity index (χ0) is 14.4. The number of aromatic amines is 1. The summed E-state index contributed by atoms with van der Waals surface area (Å²) in [7, 11) is 2.30. The lowest BCUT2D eigenvalue weighted by atomic mass is 9.98. The molecule has 1 aromatic carbocycles. The second kappa shape index (κ2) is 5.15. The zero-order valence-electron chi connectivity index (χ0n) is 13.0. The van der Waals surface area contributed by atoms with Crippen LogP contribution in [0.1, 0.15) is 36.9 Å². The Kier molecular flexibility index (Phi) is 3.27. The topological polar surface area (TPSA) is 31.1 Å². The van der Waals surface area contributed by atoms with Crippen molar-refractivity contribution >= 4 is 10.9 Å². The average molecular weight is 283 g/mol. The maximum atomic E-state index is 3.74. The molecule has 2 saturated heterocycles. The standard InChI is InChI=1S/C18H25N3/c1-12-17(16-5-3-4-6-18(16)19-12)11-21(2)15-9-13-7-8-14(10-15)20-13/h3-6,13-15,19-20H,7-11H2,1-2H3. The Morgan fingerprint density at radius 2 is 1.86 bits per heavy atom. The third-order valence-corrected chi connectivity index (χ3v) is 5.51. The first-order valence-corrected chi connectivity index (χ1v) is 8.23. The van der Waals surface area contributed by atoms with E-state index < -0.39 is 0 Å². The highest BCUT2D eigenvalue weighted by Crippen LogP contribution is 2.31. The number of rotatable bonds is 3. The molecule has 1 aromatic heterocycles. The number of aromatic nitrogens is 1. The van der Waals surface area contributed by atoms with Crippen molar-refractivity contribution in [1.29, 1.82) is 0 Å². The van der Waals surface area contributed by atoms with Gasteiger partial charge in [0, 0.05) is 41.3 Å². The van der Waals surface area contributed by atoms with Crippen LogP contribution in [0, 0.1) is 6.92 Å². The smallest absolute Gasteiger partial charge is 0.0459 e. The van der Waals surface area contributed by atoms with Crippen LogP contribution in [0.25, 0.3) is 10.9 Å². The van der Waals surface area contributed by atoms with Crippen LogP contribution in [-0.4, -0.2) is 35.1 Å². The molecule has 0 saturated carbocycles. The van der Waals surface area contributed by atoms with Crippen molar-refractivity contribution in [3.8, 4) is 0 Å². The molecule has 3 nitrogen and oxygen atoms in total. The van der Waals surface area contributed by atoms with E-state index in [9.17, 15) is 0 Å². The number of piperidine rings is 1. The number of hydrogen-bond donors (Lipinski definition) is 2. The predicted molar refractivity (Wildman–Crippen MR) is 87.5 cm³/mol. The minimum Gasteiger partial charge on any atom is -0.358 e. The number of para-hydroxylation sites is 1. The summed E-state index contributed by atoms with van der Waals surface area (Å²) in [6.45, 7) is 3.26. The van der Waals surface area contributed by atoms with Crippen LogP contribution >= 0.6 is 0 Å². The van der Waals surface area contributed by atoms with E-state index in [0.717, 1.165) is 24.7 Å². The summed E-state index contributed by atoms with van der Waals surface area (Å²) in [5.74, 6) is 0. The Labute approximate surface area is 126 Å². The van der Waals surface area contributed by atoms with Crippen LogP contribution in [0.5, 0.6) is 0 Å². The van der Waals surface area contributed by atoms with Gasteiger partial charge in [-0.05, 0) is 51.3 Å². The van der Waals surface area contributed by atoms with Crippen molar-refractivity contribution in [2.75, 3.05) is 7.05 Å². The maximum absolute atomic E-state index is 3.74. The van der Waals surface area contributed by atoms with Gasteiger partial charge in [0.15, 0.2) is 0 Å². The second-order valence-corrected chi connectivity index (χ2v) is 6.95. The van der Waals surface area contributed by atoms with Crippen LogP contribution in [0.2, 0.25) is 0 Å². The maximum Gasteiger partial charge on any atom is 0.0459 e. The predicted octanol–water partition coefficient (Wildman–Crippen LogP) is 3.19. The highest BCUT2D eigenvalue weighted by molar-refractivity contribution is 5.84. The van der Waals surface area contributed by atoms with E-state index in [-0.39, 0.29) is 0 Å². The molecule has 0 amide bonds. The number of nitrogens with zero attached hydrogens (tertiary/aromatic N) is 1. The molecular formula is C18H25N3. The summed E-state index contributed by atoms with van der Waals surface area (Å²) in [4.78, 5) is 6.10. The fourth-order valence-corrected chi connectivity index (χ4v) is 4.30. The summed E-state index contributed by atoms with van der Waals surface area (Å²) < 4.78 is 0. The van der Waals surface area contributed by atoms with E-state index in [1.54, 1.807) is 0 Å². The Hall–Kier alpha value is -1.32. The largest absolute Gasteiger partial charge is 0.358 e. The van der Waals surface area contributed by atoms with Gasteiger partial charge in [0.1, 0.15) is 0 Å². The van der Waals surface area contributed by atoms with Crippen molar-refractivity contribution in [3.63, 3.8) is 0 Å². The first-order chi connectivity index (χ1) is 10.2. The van der Waals surface area contributed by atoms with E-state index in [1.807, 2.05) is 0 Å². The van der Waals surface area contributed by atoms with E-state index in [4.69, 9.17) is 0 Å². The van der Waals surface area contributed by atoms with Gasteiger partial charge in [-0.1, -0.05) is 18.2 Å². The average Bonchev–Trinajstić information content (AvgIpc) is 2.99. The number of hydrogen-bond acceptors (Lipinski definition) is 2. The van der Waals surface area contributed by atoms with Crippen LogP contribution < -0.4 is 5.32 Å². The molecule has 0 radical (unpaired) electrons. The lowest BCUT2D eigenvalue weighted by molar-refractivity contribution is 0.166. The molecule has 0 spiro atoms. The van der Waals surface area contributed by atoms with Crippen molar-refractivity contribution < 1.29 is 0 Å². The molecule has 3 heterocycles. The van der Waals surface area contributed by atoms with Crippen molar-refractivity contribution in [3.05, 3.63) is 35.5 Å². The molecule has 3 heteroatoms. The van der Waals surface area contributed by atoms with Crippen LogP contribution in [0.4, 0.5) is 0 Å². The Balaban J connectivity index is 1.55. The second-order valence-electron chi connectivity index (χ2n) is 6.95. The molecule has 112 valence electrons. The Bertz CT molecular complexity index is 633. The van der Waals surface area contributed by atoms with Gasteiger partial charge in [0.05, 0.1) is 0 Å². The summed E-state index contributed by atoms with van der Waals surface area (Å²) in [6, 6.07) is 10.9. The molecule has 0 aliphatic carbocycles. The number of aryl methyl sites for hydroxylation is 1. The molecular weight excluding hydrogens is 258 g/mol. The fourth-order valence-electron chi connectivity index (χ4n) is 4.30. The third-order valence-electron chi connectivity index (χ3n) is 5.51. The molecule has 2 bridgehead atoms. The molecule has 2 N–H and O–H groups in total. The molecule has 2 unspecified atom stereocenters. The summed E-state index contributed by atoms with van der Waals surface area (Å²) in [6.07, 6.45) is 5.38. The molecule has 2 atom stereocenters.